The average Bonchev–Trinajstić information content (AvgIpc) is 2.90. The van der Waals surface area contributed by atoms with E-state index in [4.69, 9.17) is 0 Å². The molecular weight excluding hydrogens is 383 g/mol. The Hall–Kier alpha value is -2.74. The second-order valence-corrected chi connectivity index (χ2v) is 9.13. The van der Waals surface area contributed by atoms with Crippen molar-refractivity contribution in [2.45, 2.75) is 37.5 Å². The van der Waals surface area contributed by atoms with Gasteiger partial charge >= 0.3 is 5.97 Å². The number of sulfone groups is 1. The van der Waals surface area contributed by atoms with Gasteiger partial charge in [-0.1, -0.05) is 19.9 Å². The molecule has 1 N–H and O–H groups in total. The van der Waals surface area contributed by atoms with Crippen molar-refractivity contribution in [1.29, 1.82) is 0 Å². The average molecular weight is 404 g/mol. The molecule has 0 saturated carbocycles. The van der Waals surface area contributed by atoms with E-state index < -0.39 is 21.6 Å². The van der Waals surface area contributed by atoms with Crippen LogP contribution >= 0.6 is 0 Å². The fourth-order valence-electron chi connectivity index (χ4n) is 3.09. The van der Waals surface area contributed by atoms with Crippen molar-refractivity contribution in [2.24, 2.45) is 5.92 Å². The molecule has 0 atom stereocenters. The number of hydrogen-bond donors (Lipinski definition) is 1. The monoisotopic (exact) mass is 404 g/mol. The second-order valence-electron chi connectivity index (χ2n) is 7.14. The van der Waals surface area contributed by atoms with Crippen LogP contribution in [-0.4, -0.2) is 29.0 Å². The lowest BCUT2D eigenvalue weighted by Crippen LogP contribution is -2.13. The van der Waals surface area contributed by atoms with Crippen LogP contribution in [0.3, 0.4) is 0 Å². The zero-order chi connectivity index (χ0) is 20.5. The molecule has 0 saturated heterocycles. The topological polar surface area (TPSA) is 89.3 Å². The molecule has 148 valence electrons. The van der Waals surface area contributed by atoms with E-state index in [1.807, 2.05) is 13.8 Å². The minimum atomic E-state index is -3.64. The maximum absolute atomic E-state index is 13.0. The van der Waals surface area contributed by atoms with E-state index in [2.05, 4.69) is 4.98 Å². The van der Waals surface area contributed by atoms with E-state index in [1.165, 1.54) is 12.1 Å². The van der Waals surface area contributed by atoms with Gasteiger partial charge < -0.3 is 9.67 Å². The molecule has 0 aliphatic carbocycles. The summed E-state index contributed by atoms with van der Waals surface area (Å²) in [4.78, 5) is 15.8. The summed E-state index contributed by atoms with van der Waals surface area (Å²) >= 11 is 0. The molecule has 0 bridgehead atoms. The van der Waals surface area contributed by atoms with Crippen LogP contribution in [0.2, 0.25) is 0 Å². The first kappa shape index (κ1) is 20.0. The van der Waals surface area contributed by atoms with Crippen LogP contribution in [-0.2, 0) is 33.4 Å². The molecule has 3 aromatic rings. The Bertz CT molecular complexity index is 1120. The lowest BCUT2D eigenvalue weighted by molar-refractivity contribution is -0.137. The van der Waals surface area contributed by atoms with E-state index in [0.29, 0.717) is 34.8 Å². The van der Waals surface area contributed by atoms with Gasteiger partial charge in [0.2, 0.25) is 0 Å². The smallest absolute Gasteiger partial charge is 0.323 e. The van der Waals surface area contributed by atoms with Gasteiger partial charge in [-0.2, -0.15) is 0 Å². The minimum absolute atomic E-state index is 0.0471. The molecule has 6 nitrogen and oxygen atoms in total. The normalized spacial score (nSPS) is 12.0. The van der Waals surface area contributed by atoms with Gasteiger partial charge in [-0.15, -0.1) is 0 Å². The Kier molecular flexibility index (Phi) is 5.51. The number of halogens is 1. The SMILES string of the molecule is CC(C)Cc1nc2cc(CS(=O)(=O)c3ccc(F)cc3)ccc2n1CC(=O)O. The number of aliphatic carboxylic acids is 1. The van der Waals surface area contributed by atoms with E-state index in [1.54, 1.807) is 22.8 Å². The molecular formula is C20H21FN2O4S. The molecule has 1 heterocycles. The van der Waals surface area contributed by atoms with E-state index in [9.17, 15) is 22.7 Å². The van der Waals surface area contributed by atoms with Gasteiger partial charge in [0.05, 0.1) is 21.7 Å². The van der Waals surface area contributed by atoms with Crippen molar-refractivity contribution in [2.75, 3.05) is 0 Å². The summed E-state index contributed by atoms with van der Waals surface area (Å²) < 4.78 is 39.9. The number of carboxylic acid groups (broad SMARTS) is 1. The number of benzene rings is 2. The summed E-state index contributed by atoms with van der Waals surface area (Å²) in [6.45, 7) is 3.84. The number of fused-ring (bicyclic) bond motifs is 1. The van der Waals surface area contributed by atoms with Gasteiger partial charge in [0.1, 0.15) is 18.2 Å². The summed E-state index contributed by atoms with van der Waals surface area (Å²) in [6.07, 6.45) is 0.616. The van der Waals surface area contributed by atoms with Crippen molar-refractivity contribution in [3.05, 3.63) is 59.7 Å². The quantitative estimate of drug-likeness (QED) is 0.610. The van der Waals surface area contributed by atoms with E-state index in [-0.39, 0.29) is 17.2 Å². The first-order valence-electron chi connectivity index (χ1n) is 8.84. The number of rotatable bonds is 7. The molecule has 8 heteroatoms. The Labute approximate surface area is 162 Å². The van der Waals surface area contributed by atoms with E-state index >= 15 is 0 Å². The van der Waals surface area contributed by atoms with Crippen LogP contribution in [0.25, 0.3) is 11.0 Å². The number of aromatic nitrogens is 2. The highest BCUT2D eigenvalue weighted by Crippen LogP contribution is 2.23. The van der Waals surface area contributed by atoms with Crippen molar-refractivity contribution < 1.29 is 22.7 Å². The molecule has 28 heavy (non-hydrogen) atoms. The highest BCUT2D eigenvalue weighted by atomic mass is 32.2. The standard InChI is InChI=1S/C20H21FN2O4S/c1-13(2)9-19-22-17-10-14(3-8-18(17)23(19)11-20(24)25)12-28(26,27)16-6-4-15(21)5-7-16/h3-8,10,13H,9,11-12H2,1-2H3,(H,24,25). The lowest BCUT2D eigenvalue weighted by atomic mass is 10.1. The van der Waals surface area contributed by atoms with Crippen LogP contribution in [0.15, 0.2) is 47.4 Å². The number of carboxylic acids is 1. The first-order chi connectivity index (χ1) is 13.2. The van der Waals surface area contributed by atoms with Crippen molar-refractivity contribution in [3.8, 4) is 0 Å². The molecule has 0 aliphatic rings. The molecule has 0 amide bonds. The molecule has 0 aliphatic heterocycles. The summed E-state index contributed by atoms with van der Waals surface area (Å²) in [5, 5.41) is 9.20. The highest BCUT2D eigenvalue weighted by molar-refractivity contribution is 7.90. The van der Waals surface area contributed by atoms with Gasteiger partial charge in [-0.25, -0.2) is 17.8 Å². The molecule has 0 radical (unpaired) electrons. The third-order valence-electron chi connectivity index (χ3n) is 4.31. The molecule has 0 unspecified atom stereocenters. The summed E-state index contributed by atoms with van der Waals surface area (Å²) in [5.74, 6) is -0.761. The lowest BCUT2D eigenvalue weighted by Gasteiger charge is -2.08. The van der Waals surface area contributed by atoms with Gasteiger partial charge in [-0.3, -0.25) is 4.79 Å². The minimum Gasteiger partial charge on any atom is -0.480 e. The van der Waals surface area contributed by atoms with Gasteiger partial charge in [0.25, 0.3) is 0 Å². The van der Waals surface area contributed by atoms with Crippen molar-refractivity contribution in [1.82, 2.24) is 9.55 Å². The Balaban J connectivity index is 1.97. The number of imidazole rings is 1. The van der Waals surface area contributed by atoms with E-state index in [0.717, 1.165) is 12.1 Å². The Morgan fingerprint density at radius 2 is 1.86 bits per heavy atom. The van der Waals surface area contributed by atoms with Crippen LogP contribution < -0.4 is 0 Å². The fraction of sp³-hybridized carbons (Fsp3) is 0.300. The largest absolute Gasteiger partial charge is 0.480 e. The first-order valence-corrected chi connectivity index (χ1v) is 10.5. The summed E-state index contributed by atoms with van der Waals surface area (Å²) in [7, 11) is -3.64. The number of hydrogen-bond acceptors (Lipinski definition) is 4. The zero-order valence-electron chi connectivity index (χ0n) is 15.6. The van der Waals surface area contributed by atoms with Gasteiger partial charge in [0.15, 0.2) is 9.84 Å². The molecule has 0 fully saturated rings. The van der Waals surface area contributed by atoms with Gasteiger partial charge in [-0.05, 0) is 47.9 Å². The van der Waals surface area contributed by atoms with Crippen LogP contribution in [0, 0.1) is 11.7 Å². The highest BCUT2D eigenvalue weighted by Gasteiger charge is 2.18. The third kappa shape index (κ3) is 4.39. The number of carbonyl (C=O) groups is 1. The number of nitrogens with zero attached hydrogens (tertiary/aromatic N) is 2. The van der Waals surface area contributed by atoms with Crippen LogP contribution in [0.4, 0.5) is 4.39 Å². The zero-order valence-corrected chi connectivity index (χ0v) is 16.4. The fourth-order valence-corrected chi connectivity index (χ4v) is 4.43. The van der Waals surface area contributed by atoms with Gasteiger partial charge in [0, 0.05) is 6.42 Å². The predicted octanol–water partition coefficient (Wildman–Crippen LogP) is 3.43. The second kappa shape index (κ2) is 7.71. The van der Waals surface area contributed by atoms with Crippen LogP contribution in [0.1, 0.15) is 25.2 Å². The molecule has 2 aromatic carbocycles. The molecule has 3 rings (SSSR count). The maximum atomic E-state index is 13.0. The van der Waals surface area contributed by atoms with Crippen molar-refractivity contribution >= 4 is 26.8 Å². The maximum Gasteiger partial charge on any atom is 0.323 e. The Morgan fingerprint density at radius 3 is 2.46 bits per heavy atom. The third-order valence-corrected chi connectivity index (χ3v) is 6.01. The molecule has 1 aromatic heterocycles. The Morgan fingerprint density at radius 1 is 1.18 bits per heavy atom. The van der Waals surface area contributed by atoms with Crippen molar-refractivity contribution in [3.63, 3.8) is 0 Å². The summed E-state index contributed by atoms with van der Waals surface area (Å²) in [5.41, 5.74) is 1.75. The summed E-state index contributed by atoms with van der Waals surface area (Å²) in [6, 6.07) is 9.73. The van der Waals surface area contributed by atoms with Crippen LogP contribution in [0.5, 0.6) is 0 Å². The predicted molar refractivity (Wildman–Crippen MR) is 103 cm³/mol. The molecule has 0 spiro atoms.